The molecule has 1 atom stereocenters. The number of nitrogens with zero attached hydrogens (tertiary/aromatic N) is 1. The minimum absolute atomic E-state index is 0.184. The summed E-state index contributed by atoms with van der Waals surface area (Å²) < 4.78 is 6.47. The van der Waals surface area contributed by atoms with E-state index in [0.29, 0.717) is 0 Å². The van der Waals surface area contributed by atoms with Crippen molar-refractivity contribution in [2.75, 3.05) is 7.11 Å². The van der Waals surface area contributed by atoms with Crippen molar-refractivity contribution < 1.29 is 4.74 Å². The number of nitrogens with one attached hydrogen (secondary N) is 1. The van der Waals surface area contributed by atoms with Crippen molar-refractivity contribution >= 4 is 22.6 Å². The molecule has 5 heteroatoms. The van der Waals surface area contributed by atoms with Crippen molar-refractivity contribution in [1.29, 1.82) is 0 Å². The molecule has 1 heterocycles. The standard InChI is InChI=1S/C13H14IN3O/c1-18-11-6-3-7-16-13(11)12(17-15)9-4-2-5-10(14)8-9/h2-8,12,17H,15H2,1H3. The van der Waals surface area contributed by atoms with Gasteiger partial charge in [0.25, 0.3) is 0 Å². The first kappa shape index (κ1) is 13.3. The van der Waals surface area contributed by atoms with Crippen LogP contribution >= 0.6 is 22.6 Å². The van der Waals surface area contributed by atoms with Crippen LogP contribution in [0.2, 0.25) is 0 Å². The summed E-state index contributed by atoms with van der Waals surface area (Å²) in [5.74, 6) is 6.38. The van der Waals surface area contributed by atoms with Gasteiger partial charge in [0, 0.05) is 9.77 Å². The van der Waals surface area contributed by atoms with Crippen LogP contribution in [0, 0.1) is 3.57 Å². The van der Waals surface area contributed by atoms with Gasteiger partial charge in [0.15, 0.2) is 0 Å². The molecule has 1 aromatic carbocycles. The van der Waals surface area contributed by atoms with Gasteiger partial charge in [0.1, 0.15) is 11.4 Å². The molecule has 0 radical (unpaired) electrons. The van der Waals surface area contributed by atoms with E-state index in [-0.39, 0.29) is 6.04 Å². The van der Waals surface area contributed by atoms with E-state index in [9.17, 15) is 0 Å². The lowest BCUT2D eigenvalue weighted by Gasteiger charge is -2.18. The van der Waals surface area contributed by atoms with E-state index in [4.69, 9.17) is 10.6 Å². The number of halogens is 1. The van der Waals surface area contributed by atoms with E-state index in [1.807, 2.05) is 30.3 Å². The zero-order valence-corrected chi connectivity index (χ0v) is 12.1. The lowest BCUT2D eigenvalue weighted by Crippen LogP contribution is -2.29. The van der Waals surface area contributed by atoms with Gasteiger partial charge in [-0.15, -0.1) is 0 Å². The smallest absolute Gasteiger partial charge is 0.142 e. The summed E-state index contributed by atoms with van der Waals surface area (Å²) in [6, 6.07) is 11.6. The van der Waals surface area contributed by atoms with Crippen LogP contribution in [0.15, 0.2) is 42.6 Å². The summed E-state index contributed by atoms with van der Waals surface area (Å²) in [6.45, 7) is 0. The van der Waals surface area contributed by atoms with Gasteiger partial charge >= 0.3 is 0 Å². The summed E-state index contributed by atoms with van der Waals surface area (Å²) in [5, 5.41) is 0. The average Bonchev–Trinajstić information content (AvgIpc) is 2.40. The fraction of sp³-hybridized carbons (Fsp3) is 0.154. The predicted molar refractivity (Wildman–Crippen MR) is 79.1 cm³/mol. The molecular formula is C13H14IN3O. The highest BCUT2D eigenvalue weighted by atomic mass is 127. The summed E-state index contributed by atoms with van der Waals surface area (Å²) in [7, 11) is 1.63. The van der Waals surface area contributed by atoms with Gasteiger partial charge in [-0.25, -0.2) is 5.43 Å². The van der Waals surface area contributed by atoms with Crippen LogP contribution in [0.5, 0.6) is 5.75 Å². The van der Waals surface area contributed by atoms with Crippen LogP contribution in [0.4, 0.5) is 0 Å². The Labute approximate surface area is 120 Å². The van der Waals surface area contributed by atoms with Gasteiger partial charge in [0.05, 0.1) is 13.2 Å². The van der Waals surface area contributed by atoms with Gasteiger partial charge in [-0.05, 0) is 52.4 Å². The van der Waals surface area contributed by atoms with Gasteiger partial charge in [-0.3, -0.25) is 10.8 Å². The van der Waals surface area contributed by atoms with E-state index in [1.54, 1.807) is 13.3 Å². The maximum Gasteiger partial charge on any atom is 0.142 e. The number of ether oxygens (including phenoxy) is 1. The van der Waals surface area contributed by atoms with Crippen LogP contribution in [0.25, 0.3) is 0 Å². The number of nitrogens with two attached hydrogens (primary N) is 1. The van der Waals surface area contributed by atoms with Crippen molar-refractivity contribution in [1.82, 2.24) is 10.4 Å². The van der Waals surface area contributed by atoms with Crippen LogP contribution in [0.1, 0.15) is 17.3 Å². The summed E-state index contributed by atoms with van der Waals surface area (Å²) >= 11 is 2.27. The fourth-order valence-corrected chi connectivity index (χ4v) is 2.38. The first-order valence-corrected chi connectivity index (χ1v) is 6.54. The van der Waals surface area contributed by atoms with Crippen LogP contribution in [-0.4, -0.2) is 12.1 Å². The number of pyridine rings is 1. The van der Waals surface area contributed by atoms with Crippen molar-refractivity contribution in [2.45, 2.75) is 6.04 Å². The molecule has 0 aliphatic heterocycles. The van der Waals surface area contributed by atoms with Gasteiger partial charge in [-0.1, -0.05) is 12.1 Å². The molecule has 3 N–H and O–H groups in total. The maximum absolute atomic E-state index is 5.66. The predicted octanol–water partition coefficient (Wildman–Crippen LogP) is 2.25. The lowest BCUT2D eigenvalue weighted by atomic mass is 10.0. The molecule has 0 fully saturated rings. The monoisotopic (exact) mass is 355 g/mol. The molecule has 0 aliphatic rings. The number of hydrazine groups is 1. The number of methoxy groups -OCH3 is 1. The minimum Gasteiger partial charge on any atom is -0.495 e. The molecular weight excluding hydrogens is 341 g/mol. The molecule has 0 saturated heterocycles. The average molecular weight is 355 g/mol. The van der Waals surface area contributed by atoms with Crippen molar-refractivity contribution in [3.63, 3.8) is 0 Å². The number of benzene rings is 1. The van der Waals surface area contributed by atoms with Gasteiger partial charge in [0.2, 0.25) is 0 Å². The van der Waals surface area contributed by atoms with Crippen molar-refractivity contribution in [3.8, 4) is 5.75 Å². The largest absolute Gasteiger partial charge is 0.495 e. The first-order chi connectivity index (χ1) is 8.76. The molecule has 1 unspecified atom stereocenters. The molecule has 4 nitrogen and oxygen atoms in total. The van der Waals surface area contributed by atoms with E-state index >= 15 is 0 Å². The third-order valence-corrected chi connectivity index (χ3v) is 3.31. The molecule has 0 spiro atoms. The molecule has 2 rings (SSSR count). The third kappa shape index (κ3) is 2.80. The fourth-order valence-electron chi connectivity index (χ4n) is 1.81. The molecule has 94 valence electrons. The Morgan fingerprint density at radius 2 is 2.17 bits per heavy atom. The topological polar surface area (TPSA) is 60.2 Å². The maximum atomic E-state index is 5.66. The zero-order chi connectivity index (χ0) is 13.0. The highest BCUT2D eigenvalue weighted by Gasteiger charge is 2.18. The Morgan fingerprint density at radius 3 is 2.83 bits per heavy atom. The molecule has 2 aromatic rings. The van der Waals surface area contributed by atoms with E-state index in [2.05, 4.69) is 39.1 Å². The van der Waals surface area contributed by atoms with Crippen LogP contribution < -0.4 is 16.0 Å². The second-order valence-electron chi connectivity index (χ2n) is 3.75. The normalized spacial score (nSPS) is 12.2. The third-order valence-electron chi connectivity index (χ3n) is 2.64. The Hall–Kier alpha value is -1.18. The summed E-state index contributed by atoms with van der Waals surface area (Å²) in [6.07, 6.45) is 1.73. The minimum atomic E-state index is -0.184. The molecule has 0 aliphatic carbocycles. The highest BCUT2D eigenvalue weighted by Crippen LogP contribution is 2.27. The Morgan fingerprint density at radius 1 is 1.33 bits per heavy atom. The Balaban J connectivity index is 2.45. The quantitative estimate of drug-likeness (QED) is 0.502. The molecule has 18 heavy (non-hydrogen) atoms. The number of hydrogen-bond acceptors (Lipinski definition) is 4. The summed E-state index contributed by atoms with van der Waals surface area (Å²) in [4.78, 5) is 4.36. The molecule has 0 saturated carbocycles. The van der Waals surface area contributed by atoms with E-state index < -0.39 is 0 Å². The van der Waals surface area contributed by atoms with Crippen molar-refractivity contribution in [2.24, 2.45) is 5.84 Å². The number of rotatable bonds is 4. The molecule has 0 amide bonds. The molecule has 1 aromatic heterocycles. The second kappa shape index (κ2) is 6.12. The number of aromatic nitrogens is 1. The lowest BCUT2D eigenvalue weighted by molar-refractivity contribution is 0.400. The Bertz CT molecular complexity index is 533. The van der Waals surface area contributed by atoms with Gasteiger partial charge < -0.3 is 4.74 Å². The van der Waals surface area contributed by atoms with Crippen LogP contribution in [-0.2, 0) is 0 Å². The highest BCUT2D eigenvalue weighted by molar-refractivity contribution is 14.1. The zero-order valence-electron chi connectivity index (χ0n) is 9.93. The second-order valence-corrected chi connectivity index (χ2v) is 4.99. The SMILES string of the molecule is COc1cccnc1C(NN)c1cccc(I)c1. The van der Waals surface area contributed by atoms with E-state index in [0.717, 1.165) is 20.6 Å². The van der Waals surface area contributed by atoms with Gasteiger partial charge in [-0.2, -0.15) is 0 Å². The molecule has 0 bridgehead atoms. The number of hydrogen-bond donors (Lipinski definition) is 2. The Kier molecular flexibility index (Phi) is 4.51. The van der Waals surface area contributed by atoms with Crippen molar-refractivity contribution in [3.05, 3.63) is 57.4 Å². The summed E-state index contributed by atoms with van der Waals surface area (Å²) in [5.41, 5.74) is 4.63. The first-order valence-electron chi connectivity index (χ1n) is 5.46. The van der Waals surface area contributed by atoms with E-state index in [1.165, 1.54) is 0 Å². The van der Waals surface area contributed by atoms with Crippen LogP contribution in [0.3, 0.4) is 0 Å².